The van der Waals surface area contributed by atoms with Crippen LogP contribution in [-0.2, 0) is 11.3 Å². The number of rotatable bonds is 4. The van der Waals surface area contributed by atoms with E-state index in [4.69, 9.17) is 0 Å². The zero-order valence-electron chi connectivity index (χ0n) is 22.0. The SMILES string of the molecule is Cc1ccc(C)c(CN2C(=O)/C(=C/c3ccc(C(=O)N4C[C@@H](C)C[C@H](C)C4)cc3)Sc3ccccc32)c1. The van der Waals surface area contributed by atoms with E-state index in [1.165, 1.54) is 29.3 Å². The minimum Gasteiger partial charge on any atom is -0.338 e. The van der Waals surface area contributed by atoms with Crippen molar-refractivity contribution in [2.75, 3.05) is 18.0 Å². The molecule has 0 radical (unpaired) electrons. The minimum atomic E-state index is 0.000973. The maximum Gasteiger partial charge on any atom is 0.265 e. The molecule has 5 heteroatoms. The van der Waals surface area contributed by atoms with Gasteiger partial charge in [0.05, 0.1) is 17.1 Å². The second-order valence-corrected chi connectivity index (χ2v) is 11.8. The van der Waals surface area contributed by atoms with Crippen LogP contribution in [0.25, 0.3) is 6.08 Å². The fourth-order valence-electron chi connectivity index (χ4n) is 5.44. The molecule has 2 aliphatic rings. The summed E-state index contributed by atoms with van der Waals surface area (Å²) in [6, 6.07) is 22.1. The lowest BCUT2D eigenvalue weighted by Gasteiger charge is -2.35. The summed E-state index contributed by atoms with van der Waals surface area (Å²) in [6.45, 7) is 10.8. The lowest BCUT2D eigenvalue weighted by Crippen LogP contribution is -2.42. The van der Waals surface area contributed by atoms with Crippen LogP contribution in [0.15, 0.2) is 76.5 Å². The van der Waals surface area contributed by atoms with E-state index in [1.54, 1.807) is 0 Å². The van der Waals surface area contributed by atoms with Crippen LogP contribution in [0, 0.1) is 25.7 Å². The van der Waals surface area contributed by atoms with E-state index in [0.717, 1.165) is 34.8 Å². The highest BCUT2D eigenvalue weighted by Crippen LogP contribution is 2.42. The maximum atomic E-state index is 13.7. The van der Waals surface area contributed by atoms with Crippen LogP contribution in [0.3, 0.4) is 0 Å². The molecule has 2 aliphatic heterocycles. The third-order valence-corrected chi connectivity index (χ3v) is 8.35. The summed E-state index contributed by atoms with van der Waals surface area (Å²) in [5, 5.41) is 0. The fraction of sp³-hybridized carbons (Fsp3) is 0.312. The van der Waals surface area contributed by atoms with Crippen LogP contribution in [0.5, 0.6) is 0 Å². The summed E-state index contributed by atoms with van der Waals surface area (Å²) in [7, 11) is 0. The highest BCUT2D eigenvalue weighted by atomic mass is 32.2. The van der Waals surface area contributed by atoms with Crippen LogP contribution < -0.4 is 4.90 Å². The molecule has 1 fully saturated rings. The number of nitrogens with zero attached hydrogens (tertiary/aromatic N) is 2. The Morgan fingerprint density at radius 2 is 1.68 bits per heavy atom. The van der Waals surface area contributed by atoms with Crippen molar-refractivity contribution in [3.8, 4) is 0 Å². The Balaban J connectivity index is 1.40. The van der Waals surface area contributed by atoms with E-state index in [2.05, 4.69) is 52.0 Å². The van der Waals surface area contributed by atoms with Crippen molar-refractivity contribution in [3.05, 3.63) is 99.5 Å². The molecule has 2 amide bonds. The van der Waals surface area contributed by atoms with Gasteiger partial charge in [0.2, 0.25) is 0 Å². The first-order valence-corrected chi connectivity index (χ1v) is 13.9. The third kappa shape index (κ3) is 5.52. The largest absolute Gasteiger partial charge is 0.338 e. The molecule has 4 nitrogen and oxygen atoms in total. The van der Waals surface area contributed by atoms with Gasteiger partial charge in [0.25, 0.3) is 11.8 Å². The van der Waals surface area contributed by atoms with Crippen LogP contribution in [0.2, 0.25) is 0 Å². The topological polar surface area (TPSA) is 40.6 Å². The highest BCUT2D eigenvalue weighted by Gasteiger charge is 2.30. The molecule has 2 heterocycles. The zero-order chi connectivity index (χ0) is 26.1. The van der Waals surface area contributed by atoms with Crippen LogP contribution in [0.4, 0.5) is 5.69 Å². The summed E-state index contributed by atoms with van der Waals surface area (Å²) in [5.74, 6) is 1.15. The molecule has 0 saturated carbocycles. The van der Waals surface area contributed by atoms with Crippen molar-refractivity contribution in [1.82, 2.24) is 4.90 Å². The van der Waals surface area contributed by atoms with Crippen LogP contribution >= 0.6 is 11.8 Å². The number of piperidine rings is 1. The average molecular weight is 511 g/mol. The van der Waals surface area contributed by atoms with Gasteiger partial charge in [-0.3, -0.25) is 9.59 Å². The van der Waals surface area contributed by atoms with Crippen LogP contribution in [0.1, 0.15) is 52.9 Å². The molecule has 0 aromatic heterocycles. The van der Waals surface area contributed by atoms with E-state index in [1.807, 2.05) is 58.3 Å². The number of anilines is 1. The van der Waals surface area contributed by atoms with Gasteiger partial charge in [-0.05, 0) is 79.1 Å². The van der Waals surface area contributed by atoms with Gasteiger partial charge in [0.15, 0.2) is 0 Å². The van der Waals surface area contributed by atoms with E-state index in [9.17, 15) is 9.59 Å². The van der Waals surface area contributed by atoms with Crippen molar-refractivity contribution in [3.63, 3.8) is 0 Å². The number of fused-ring (bicyclic) bond motifs is 1. The molecule has 5 rings (SSSR count). The molecule has 0 bridgehead atoms. The molecule has 37 heavy (non-hydrogen) atoms. The molecule has 3 aromatic carbocycles. The van der Waals surface area contributed by atoms with E-state index in [0.29, 0.717) is 28.8 Å². The first kappa shape index (κ1) is 25.3. The van der Waals surface area contributed by atoms with Crippen molar-refractivity contribution in [2.24, 2.45) is 11.8 Å². The number of carbonyl (C=O) groups is 2. The first-order chi connectivity index (χ1) is 17.8. The Labute approximate surface area is 224 Å². The van der Waals surface area contributed by atoms with Crippen molar-refractivity contribution in [1.29, 1.82) is 0 Å². The number of hydrogen-bond donors (Lipinski definition) is 0. The summed E-state index contributed by atoms with van der Waals surface area (Å²) >= 11 is 1.51. The molecule has 0 unspecified atom stereocenters. The Bertz CT molecular complexity index is 1350. The monoisotopic (exact) mass is 510 g/mol. The first-order valence-electron chi connectivity index (χ1n) is 13.0. The summed E-state index contributed by atoms with van der Waals surface area (Å²) in [4.78, 5) is 32.4. The van der Waals surface area contributed by atoms with Gasteiger partial charge < -0.3 is 9.80 Å². The third-order valence-electron chi connectivity index (χ3n) is 7.28. The van der Waals surface area contributed by atoms with Gasteiger partial charge in [-0.25, -0.2) is 0 Å². The van der Waals surface area contributed by atoms with Crippen molar-refractivity contribution in [2.45, 2.75) is 45.6 Å². The number of hydrogen-bond acceptors (Lipinski definition) is 3. The lowest BCUT2D eigenvalue weighted by atomic mass is 9.91. The minimum absolute atomic E-state index is 0.000973. The van der Waals surface area contributed by atoms with Crippen LogP contribution in [-0.4, -0.2) is 29.8 Å². The molecular weight excluding hydrogens is 476 g/mol. The Kier molecular flexibility index (Phi) is 7.25. The van der Waals surface area contributed by atoms with Gasteiger partial charge in [-0.15, -0.1) is 0 Å². The maximum absolute atomic E-state index is 13.7. The van der Waals surface area contributed by atoms with Gasteiger partial charge >= 0.3 is 0 Å². The predicted molar refractivity (Wildman–Crippen MR) is 153 cm³/mol. The lowest BCUT2D eigenvalue weighted by molar-refractivity contribution is -0.114. The second-order valence-electron chi connectivity index (χ2n) is 10.7. The molecule has 0 spiro atoms. The van der Waals surface area contributed by atoms with E-state index in [-0.39, 0.29) is 11.8 Å². The molecule has 3 aromatic rings. The number of para-hydroxylation sites is 1. The summed E-state index contributed by atoms with van der Waals surface area (Å²) in [6.07, 6.45) is 3.11. The van der Waals surface area contributed by atoms with Gasteiger partial charge in [-0.2, -0.15) is 0 Å². The smallest absolute Gasteiger partial charge is 0.265 e. The molecule has 190 valence electrons. The summed E-state index contributed by atoms with van der Waals surface area (Å²) in [5.41, 5.74) is 6.08. The number of carbonyl (C=O) groups excluding carboxylic acids is 2. The quantitative estimate of drug-likeness (QED) is 0.352. The zero-order valence-corrected chi connectivity index (χ0v) is 22.8. The Morgan fingerprint density at radius 3 is 2.41 bits per heavy atom. The molecular formula is C32H34N2O2S. The van der Waals surface area contributed by atoms with Crippen molar-refractivity contribution >= 4 is 35.3 Å². The summed E-state index contributed by atoms with van der Waals surface area (Å²) < 4.78 is 0. The molecule has 2 atom stereocenters. The highest BCUT2D eigenvalue weighted by molar-refractivity contribution is 8.04. The molecule has 1 saturated heterocycles. The van der Waals surface area contributed by atoms with Crippen molar-refractivity contribution < 1.29 is 9.59 Å². The number of aryl methyl sites for hydroxylation is 2. The number of thioether (sulfide) groups is 1. The number of amides is 2. The standard InChI is InChI=1S/C32H34N2O2S/c1-21-9-10-24(4)27(16-21)20-34-28-7-5-6-8-29(28)37-30(32(34)36)17-25-11-13-26(14-12-25)31(35)33-18-22(2)15-23(3)19-33/h5-14,16-17,22-23H,15,18-20H2,1-4H3/b30-17-/t22-,23-/m0/s1. The molecule has 0 N–H and O–H groups in total. The molecule has 0 aliphatic carbocycles. The predicted octanol–water partition coefficient (Wildman–Crippen LogP) is 7.10. The van der Waals surface area contributed by atoms with Gasteiger partial charge in [0, 0.05) is 23.5 Å². The average Bonchev–Trinajstić information content (AvgIpc) is 2.88. The fourth-order valence-corrected chi connectivity index (χ4v) is 6.50. The Hall–Kier alpha value is -3.31. The van der Waals surface area contributed by atoms with Gasteiger partial charge in [0.1, 0.15) is 0 Å². The normalized spacial score (nSPS) is 20.8. The van der Waals surface area contributed by atoms with E-state index >= 15 is 0 Å². The van der Waals surface area contributed by atoms with E-state index < -0.39 is 0 Å². The van der Waals surface area contributed by atoms with Gasteiger partial charge in [-0.1, -0.05) is 73.6 Å². The number of benzene rings is 3. The number of likely N-dealkylation sites (tertiary alicyclic amines) is 1. The second kappa shape index (κ2) is 10.6. The Morgan fingerprint density at radius 1 is 0.973 bits per heavy atom.